The molecule has 1 aliphatic rings. The van der Waals surface area contributed by atoms with E-state index in [4.69, 9.17) is 11.1 Å². The van der Waals surface area contributed by atoms with Crippen LogP contribution in [0.5, 0.6) is 0 Å². The van der Waals surface area contributed by atoms with E-state index in [2.05, 4.69) is 0 Å². The quantitative estimate of drug-likeness (QED) is 0.310. The maximum atomic E-state index is 13.8. The van der Waals surface area contributed by atoms with Crippen LogP contribution >= 0.6 is 0 Å². The molecule has 34 heavy (non-hydrogen) atoms. The van der Waals surface area contributed by atoms with Gasteiger partial charge in [-0.05, 0) is 25.0 Å². The average molecular weight is 466 g/mol. The number of urea groups is 1. The predicted molar refractivity (Wildman–Crippen MR) is 123 cm³/mol. The van der Waals surface area contributed by atoms with Gasteiger partial charge in [-0.25, -0.2) is 9.80 Å². The lowest BCUT2D eigenvalue weighted by Gasteiger charge is -2.35. The summed E-state index contributed by atoms with van der Waals surface area (Å²) >= 11 is 0. The third-order valence-corrected chi connectivity index (χ3v) is 6.02. The van der Waals surface area contributed by atoms with Gasteiger partial charge in [0.05, 0.1) is 12.5 Å². The van der Waals surface area contributed by atoms with Gasteiger partial charge in [0, 0.05) is 19.0 Å². The van der Waals surface area contributed by atoms with E-state index in [0.717, 1.165) is 10.0 Å². The first-order chi connectivity index (χ1) is 16.0. The fourth-order valence-corrected chi connectivity index (χ4v) is 4.30. The lowest BCUT2D eigenvalue weighted by Crippen LogP contribution is -2.52. The smallest absolute Gasteiger partial charge is 0.347 e. The Morgan fingerprint density at radius 1 is 1.12 bits per heavy atom. The average Bonchev–Trinajstić information content (AvgIpc) is 2.99. The van der Waals surface area contributed by atoms with Gasteiger partial charge >= 0.3 is 12.0 Å². The van der Waals surface area contributed by atoms with Crippen LogP contribution in [0.4, 0.5) is 4.79 Å². The normalized spacial score (nSPS) is 18.7. The molecule has 1 fully saturated rings. The summed E-state index contributed by atoms with van der Waals surface area (Å²) < 4.78 is 0. The highest BCUT2D eigenvalue weighted by Gasteiger charge is 2.58. The van der Waals surface area contributed by atoms with Crippen LogP contribution in [0.15, 0.2) is 54.6 Å². The molecule has 10 heteroatoms. The first-order valence-corrected chi connectivity index (χ1v) is 10.7. The number of benzene rings is 2. The number of carboxylic acids is 1. The molecule has 1 aliphatic heterocycles. The van der Waals surface area contributed by atoms with Gasteiger partial charge in [0.2, 0.25) is 5.91 Å². The zero-order valence-electron chi connectivity index (χ0n) is 19.2. The van der Waals surface area contributed by atoms with Gasteiger partial charge in [-0.3, -0.25) is 19.8 Å². The number of rotatable bonds is 8. The molecule has 4 amide bonds. The number of hydrogen-bond donors (Lipinski definition) is 3. The van der Waals surface area contributed by atoms with E-state index in [1.54, 1.807) is 68.4 Å². The summed E-state index contributed by atoms with van der Waals surface area (Å²) in [5, 5.41) is 18.8. The van der Waals surface area contributed by atoms with Gasteiger partial charge in [-0.15, -0.1) is 0 Å². The van der Waals surface area contributed by atoms with Gasteiger partial charge in [0.15, 0.2) is 0 Å². The maximum absolute atomic E-state index is 13.8. The first kappa shape index (κ1) is 24.4. The van der Waals surface area contributed by atoms with Crippen molar-refractivity contribution >= 4 is 29.7 Å². The van der Waals surface area contributed by atoms with Crippen LogP contribution in [0.25, 0.3) is 0 Å². The molecule has 0 bridgehead atoms. The fraction of sp³-hybridized carbons (Fsp3) is 0.292. The van der Waals surface area contributed by atoms with Crippen molar-refractivity contribution in [2.75, 3.05) is 6.54 Å². The minimum absolute atomic E-state index is 0.137. The number of carboxylic acid groups (broad SMARTS) is 1. The van der Waals surface area contributed by atoms with Crippen molar-refractivity contribution in [3.8, 4) is 0 Å². The van der Waals surface area contributed by atoms with Crippen molar-refractivity contribution in [3.63, 3.8) is 0 Å². The molecule has 3 rings (SSSR count). The molecule has 0 aliphatic carbocycles. The number of likely N-dealkylation sites (N-methyl/N-ethyl adjacent to an activating group) is 1. The molecule has 0 unspecified atom stereocenters. The Morgan fingerprint density at radius 3 is 2.18 bits per heavy atom. The number of carbonyl (C=O) groups excluding carboxylic acids is 3. The van der Waals surface area contributed by atoms with E-state index >= 15 is 0 Å². The molecule has 2 atom stereocenters. The van der Waals surface area contributed by atoms with Crippen molar-refractivity contribution in [1.82, 2.24) is 14.9 Å². The van der Waals surface area contributed by atoms with E-state index in [-0.39, 0.29) is 12.4 Å². The molecule has 2 aromatic carbocycles. The Bertz CT molecular complexity index is 1130. The SMILES string of the molecule is CCN1C(=O)N(N(C(C)=O)[C@H](CC(=O)O)c2ccccc2)C(=O)[C@@]1(C)c1ccc(C(=N)N)cc1. The molecule has 2 aromatic rings. The van der Waals surface area contributed by atoms with Crippen LogP contribution in [0.2, 0.25) is 0 Å². The van der Waals surface area contributed by atoms with Crippen LogP contribution in [-0.2, 0) is 19.9 Å². The molecule has 0 radical (unpaired) electrons. The molecule has 178 valence electrons. The molecule has 10 nitrogen and oxygen atoms in total. The number of amidine groups is 1. The van der Waals surface area contributed by atoms with Crippen LogP contribution in [0.3, 0.4) is 0 Å². The number of carbonyl (C=O) groups is 4. The van der Waals surface area contributed by atoms with Crippen molar-refractivity contribution < 1.29 is 24.3 Å². The Kier molecular flexibility index (Phi) is 6.71. The lowest BCUT2D eigenvalue weighted by atomic mass is 9.89. The topological polar surface area (TPSA) is 148 Å². The van der Waals surface area contributed by atoms with E-state index in [1.807, 2.05) is 0 Å². The van der Waals surface area contributed by atoms with E-state index in [0.29, 0.717) is 16.7 Å². The van der Waals surface area contributed by atoms with Gasteiger partial charge in [-0.2, -0.15) is 5.01 Å². The predicted octanol–water partition coefficient (Wildman–Crippen LogP) is 2.45. The Hall–Kier alpha value is -4.21. The summed E-state index contributed by atoms with van der Waals surface area (Å²) in [5.74, 6) is -2.66. The zero-order chi connectivity index (χ0) is 25.2. The van der Waals surface area contributed by atoms with Crippen molar-refractivity contribution in [1.29, 1.82) is 5.41 Å². The zero-order valence-corrected chi connectivity index (χ0v) is 19.2. The second kappa shape index (κ2) is 9.34. The second-order valence-electron chi connectivity index (χ2n) is 8.09. The van der Waals surface area contributed by atoms with Gasteiger partial charge in [-0.1, -0.05) is 54.6 Å². The number of hydrogen-bond acceptors (Lipinski definition) is 5. The van der Waals surface area contributed by atoms with E-state index in [1.165, 1.54) is 11.8 Å². The van der Waals surface area contributed by atoms with E-state index < -0.39 is 41.8 Å². The van der Waals surface area contributed by atoms with Crippen molar-refractivity contribution in [2.45, 2.75) is 38.8 Å². The van der Waals surface area contributed by atoms with Gasteiger partial charge in [0.25, 0.3) is 5.91 Å². The summed E-state index contributed by atoms with van der Waals surface area (Å²) in [6.07, 6.45) is -0.503. The third kappa shape index (κ3) is 4.09. The van der Waals surface area contributed by atoms with Crippen molar-refractivity contribution in [2.24, 2.45) is 5.73 Å². The minimum atomic E-state index is -1.46. The largest absolute Gasteiger partial charge is 0.481 e. The number of aliphatic carboxylic acids is 1. The minimum Gasteiger partial charge on any atom is -0.481 e. The number of nitrogens with one attached hydrogen (secondary N) is 1. The number of imide groups is 1. The molecule has 0 saturated carbocycles. The first-order valence-electron chi connectivity index (χ1n) is 10.7. The highest BCUT2D eigenvalue weighted by molar-refractivity contribution is 6.08. The molecule has 0 spiro atoms. The molecular weight excluding hydrogens is 438 g/mol. The Balaban J connectivity index is 2.13. The van der Waals surface area contributed by atoms with Crippen LogP contribution in [-0.4, -0.2) is 56.2 Å². The number of nitrogens with two attached hydrogens (primary N) is 1. The molecule has 4 N–H and O–H groups in total. The summed E-state index contributed by atoms with van der Waals surface area (Å²) in [5.41, 5.74) is 5.47. The Labute approximate surface area is 197 Å². The van der Waals surface area contributed by atoms with Crippen LogP contribution in [0.1, 0.15) is 49.9 Å². The number of nitrogen functional groups attached to an aromatic ring is 1. The van der Waals surface area contributed by atoms with Gasteiger partial charge < -0.3 is 15.7 Å². The maximum Gasteiger partial charge on any atom is 0.347 e. The molecule has 1 saturated heterocycles. The number of amides is 4. The monoisotopic (exact) mass is 465 g/mol. The lowest BCUT2D eigenvalue weighted by molar-refractivity contribution is -0.162. The highest BCUT2D eigenvalue weighted by atomic mass is 16.4. The Morgan fingerprint density at radius 2 is 1.71 bits per heavy atom. The second-order valence-corrected chi connectivity index (χ2v) is 8.09. The highest BCUT2D eigenvalue weighted by Crippen LogP contribution is 2.40. The number of hydrazine groups is 1. The standard InChI is InChI=1S/C24H27N5O5/c1-4-27-23(34)29(22(33)24(27,3)18-12-10-17(11-13-18)21(25)26)28(15(2)30)19(14-20(31)32)16-8-6-5-7-9-16/h5-13,19H,4,14H2,1-3H3,(H3,25,26)(H,31,32)/t19-,24-/m1/s1. The van der Waals surface area contributed by atoms with Crippen LogP contribution in [0, 0.1) is 5.41 Å². The third-order valence-electron chi connectivity index (χ3n) is 6.02. The summed E-state index contributed by atoms with van der Waals surface area (Å²) in [7, 11) is 0. The van der Waals surface area contributed by atoms with Crippen molar-refractivity contribution in [3.05, 3.63) is 71.3 Å². The van der Waals surface area contributed by atoms with Gasteiger partial charge in [0.1, 0.15) is 11.4 Å². The van der Waals surface area contributed by atoms with E-state index in [9.17, 15) is 24.3 Å². The molecular formula is C24H27N5O5. The summed E-state index contributed by atoms with van der Waals surface area (Å²) in [6.45, 7) is 4.63. The summed E-state index contributed by atoms with van der Waals surface area (Å²) in [6, 6.07) is 13.0. The summed E-state index contributed by atoms with van der Waals surface area (Å²) in [4.78, 5) is 53.2. The molecule has 0 aromatic heterocycles. The fourth-order valence-electron chi connectivity index (χ4n) is 4.30. The molecule has 1 heterocycles. The van der Waals surface area contributed by atoms with Crippen LogP contribution < -0.4 is 5.73 Å². The number of nitrogens with zero attached hydrogens (tertiary/aromatic N) is 3.